The number of hydrogen-bond donors (Lipinski definition) is 0. The first kappa shape index (κ1) is 10.3. The van der Waals surface area contributed by atoms with Crippen LogP contribution in [0.15, 0.2) is 11.1 Å². The molecule has 1 aliphatic rings. The molecule has 0 aliphatic heterocycles. The van der Waals surface area contributed by atoms with Gasteiger partial charge in [-0.2, -0.15) is 0 Å². The van der Waals surface area contributed by atoms with Gasteiger partial charge in [-0.3, -0.25) is 0 Å². The second-order valence-electron chi connectivity index (χ2n) is 3.68. The minimum absolute atomic E-state index is 0.962. The third kappa shape index (κ3) is 1.91. The van der Waals surface area contributed by atoms with Crippen LogP contribution in [0.25, 0.3) is 0 Å². The van der Waals surface area contributed by atoms with Gasteiger partial charge in [-0.1, -0.05) is 6.92 Å². The van der Waals surface area contributed by atoms with Crippen molar-refractivity contribution in [2.75, 3.05) is 0 Å². The molecule has 1 nitrogen and oxygen atoms in total. The van der Waals surface area contributed by atoms with Crippen molar-refractivity contribution < 1.29 is 0 Å². The summed E-state index contributed by atoms with van der Waals surface area (Å²) in [5, 5.41) is 0.962. The summed E-state index contributed by atoms with van der Waals surface area (Å²) in [5.74, 6) is 0. The monoisotopic (exact) mass is 227 g/mol. The summed E-state index contributed by atoms with van der Waals surface area (Å²) in [6.45, 7) is 2.20. The van der Waals surface area contributed by atoms with Gasteiger partial charge in [-0.15, -0.1) is 0 Å². The molecular weight excluding hydrogens is 214 g/mol. The molecular formula is C11H14ClNS. The van der Waals surface area contributed by atoms with Crippen molar-refractivity contribution in [3.05, 3.63) is 22.9 Å². The van der Waals surface area contributed by atoms with E-state index in [0.29, 0.717) is 0 Å². The normalized spacial score (nSPS) is 15.3. The lowest BCUT2D eigenvalue weighted by Crippen LogP contribution is -2.09. The summed E-state index contributed by atoms with van der Waals surface area (Å²) in [6.07, 6.45) is 6.02. The summed E-state index contributed by atoms with van der Waals surface area (Å²) in [4.78, 5) is 4.57. The minimum Gasteiger partial charge on any atom is -0.245 e. The van der Waals surface area contributed by atoms with Crippen molar-refractivity contribution in [3.8, 4) is 0 Å². The third-order valence-corrected chi connectivity index (χ3v) is 3.67. The average molecular weight is 228 g/mol. The van der Waals surface area contributed by atoms with Crippen LogP contribution in [0.2, 0.25) is 0 Å². The quantitative estimate of drug-likeness (QED) is 0.763. The van der Waals surface area contributed by atoms with Crippen LogP contribution in [0, 0.1) is 0 Å². The molecule has 0 saturated carbocycles. The summed E-state index contributed by atoms with van der Waals surface area (Å²) >= 11 is 0. The molecule has 1 aromatic rings. The highest BCUT2D eigenvalue weighted by Gasteiger charge is 2.15. The number of rotatable bonds is 2. The molecule has 1 heterocycles. The predicted octanol–water partition coefficient (Wildman–Crippen LogP) is 3.77. The zero-order valence-corrected chi connectivity index (χ0v) is 9.92. The smallest absolute Gasteiger partial charge is 0.112 e. The first-order valence-electron chi connectivity index (χ1n) is 5.15. The Morgan fingerprint density at radius 2 is 2.21 bits per heavy atom. The molecule has 14 heavy (non-hydrogen) atoms. The Balaban J connectivity index is 2.47. The molecule has 0 aromatic carbocycles. The Labute approximate surface area is 93.8 Å². The number of aryl methyl sites for hydroxylation is 2. The zero-order valence-electron chi connectivity index (χ0n) is 8.35. The average Bonchev–Trinajstić information content (AvgIpc) is 2.27. The van der Waals surface area contributed by atoms with Crippen molar-refractivity contribution in [1.82, 2.24) is 4.98 Å². The molecule has 0 bridgehead atoms. The molecule has 0 spiro atoms. The zero-order chi connectivity index (χ0) is 9.97. The molecule has 3 heteroatoms. The van der Waals surface area contributed by atoms with Gasteiger partial charge >= 0.3 is 0 Å². The second-order valence-corrected chi connectivity index (χ2v) is 4.72. The van der Waals surface area contributed by atoms with Gasteiger partial charge in [-0.05, 0) is 60.0 Å². The lowest BCUT2D eigenvalue weighted by molar-refractivity contribution is 0.653. The van der Waals surface area contributed by atoms with E-state index in [9.17, 15) is 0 Å². The fraction of sp³-hybridized carbons (Fsp3) is 0.545. The first-order chi connectivity index (χ1) is 6.85. The van der Waals surface area contributed by atoms with E-state index in [2.05, 4.69) is 18.0 Å². The van der Waals surface area contributed by atoms with Crippen molar-refractivity contribution in [2.45, 2.75) is 44.1 Å². The van der Waals surface area contributed by atoms with Gasteiger partial charge < -0.3 is 0 Å². The number of nitrogens with zero attached hydrogens (tertiary/aromatic N) is 1. The van der Waals surface area contributed by atoms with Crippen molar-refractivity contribution in [1.29, 1.82) is 0 Å². The predicted molar refractivity (Wildman–Crippen MR) is 62.0 cm³/mol. The van der Waals surface area contributed by atoms with E-state index in [1.807, 2.05) is 0 Å². The van der Waals surface area contributed by atoms with E-state index in [0.717, 1.165) is 17.9 Å². The van der Waals surface area contributed by atoms with Crippen molar-refractivity contribution >= 4 is 21.7 Å². The van der Waals surface area contributed by atoms with Crippen LogP contribution in [0.5, 0.6) is 0 Å². The van der Waals surface area contributed by atoms with Crippen molar-refractivity contribution in [3.63, 3.8) is 0 Å². The van der Waals surface area contributed by atoms with Crippen LogP contribution >= 0.6 is 21.7 Å². The first-order valence-corrected chi connectivity index (χ1v) is 6.79. The molecule has 2 rings (SSSR count). The largest absolute Gasteiger partial charge is 0.245 e. The number of fused-ring (bicyclic) bond motifs is 1. The molecule has 1 aromatic heterocycles. The molecule has 0 radical (unpaired) electrons. The third-order valence-electron chi connectivity index (χ3n) is 2.83. The molecule has 0 N–H and O–H groups in total. The lowest BCUT2D eigenvalue weighted by Gasteiger charge is -2.18. The highest BCUT2D eigenvalue weighted by molar-refractivity contribution is 8.21. The summed E-state index contributed by atoms with van der Waals surface area (Å²) in [5.41, 5.74) is 4.23. The SMILES string of the molecule is CCc1cc(SCl)nc2c1CCCC2. The molecule has 1 aliphatic carbocycles. The van der Waals surface area contributed by atoms with E-state index in [-0.39, 0.29) is 0 Å². The molecule has 0 fully saturated rings. The molecule has 0 amide bonds. The molecule has 0 atom stereocenters. The topological polar surface area (TPSA) is 12.9 Å². The van der Waals surface area contributed by atoms with Gasteiger partial charge in [-0.25, -0.2) is 4.98 Å². The molecule has 0 unspecified atom stereocenters. The van der Waals surface area contributed by atoms with Crippen LogP contribution < -0.4 is 0 Å². The van der Waals surface area contributed by atoms with E-state index >= 15 is 0 Å². The highest BCUT2D eigenvalue weighted by atomic mass is 35.7. The molecule has 76 valence electrons. The Morgan fingerprint density at radius 3 is 2.93 bits per heavy atom. The number of aromatic nitrogens is 1. The van der Waals surface area contributed by atoms with Crippen LogP contribution in [-0.4, -0.2) is 4.98 Å². The van der Waals surface area contributed by atoms with E-state index in [1.165, 1.54) is 47.1 Å². The van der Waals surface area contributed by atoms with Crippen molar-refractivity contribution in [2.24, 2.45) is 0 Å². The summed E-state index contributed by atoms with van der Waals surface area (Å²) < 4.78 is 0. The Bertz CT molecular complexity index is 321. The van der Waals surface area contributed by atoms with Crippen LogP contribution in [0.4, 0.5) is 0 Å². The van der Waals surface area contributed by atoms with E-state index < -0.39 is 0 Å². The van der Waals surface area contributed by atoms with Gasteiger partial charge in [0.05, 0.1) is 0 Å². The van der Waals surface area contributed by atoms with Gasteiger partial charge in [0.15, 0.2) is 0 Å². The maximum atomic E-state index is 5.75. The standard InChI is InChI=1S/C11H14ClNS/c1-2-8-7-11(14-12)13-10-6-4-3-5-9(8)10/h7H,2-6H2,1H3. The Kier molecular flexibility index (Phi) is 3.34. The van der Waals surface area contributed by atoms with Crippen LogP contribution in [0.1, 0.15) is 36.6 Å². The minimum atomic E-state index is 0.962. The maximum absolute atomic E-state index is 5.75. The molecule has 0 saturated heterocycles. The fourth-order valence-electron chi connectivity index (χ4n) is 2.12. The fourth-order valence-corrected chi connectivity index (χ4v) is 2.68. The van der Waals surface area contributed by atoms with Gasteiger partial charge in [0.2, 0.25) is 0 Å². The summed E-state index contributed by atoms with van der Waals surface area (Å²) in [7, 11) is 6.98. The van der Waals surface area contributed by atoms with Crippen LogP contribution in [-0.2, 0) is 19.3 Å². The number of halogens is 1. The van der Waals surface area contributed by atoms with Gasteiger partial charge in [0.1, 0.15) is 5.03 Å². The second kappa shape index (κ2) is 4.54. The van der Waals surface area contributed by atoms with Gasteiger partial charge in [0, 0.05) is 16.7 Å². The van der Waals surface area contributed by atoms with E-state index in [4.69, 9.17) is 10.7 Å². The Morgan fingerprint density at radius 1 is 1.43 bits per heavy atom. The number of pyridine rings is 1. The summed E-state index contributed by atoms with van der Waals surface area (Å²) in [6, 6.07) is 2.14. The maximum Gasteiger partial charge on any atom is 0.112 e. The van der Waals surface area contributed by atoms with Gasteiger partial charge in [0.25, 0.3) is 0 Å². The lowest BCUT2D eigenvalue weighted by atomic mass is 9.91. The van der Waals surface area contributed by atoms with E-state index in [1.54, 1.807) is 0 Å². The highest BCUT2D eigenvalue weighted by Crippen LogP contribution is 2.29. The Hall–Kier alpha value is -0.210. The van der Waals surface area contributed by atoms with Crippen LogP contribution in [0.3, 0.4) is 0 Å². The number of hydrogen-bond acceptors (Lipinski definition) is 2.